The van der Waals surface area contributed by atoms with Gasteiger partial charge in [0.25, 0.3) is 5.91 Å². The van der Waals surface area contributed by atoms with Crippen LogP contribution >= 0.6 is 0 Å². The van der Waals surface area contributed by atoms with Crippen molar-refractivity contribution >= 4 is 5.91 Å². The zero-order chi connectivity index (χ0) is 18.1. The predicted molar refractivity (Wildman–Crippen MR) is 101 cm³/mol. The van der Waals surface area contributed by atoms with Crippen molar-refractivity contribution in [1.29, 1.82) is 0 Å². The van der Waals surface area contributed by atoms with Gasteiger partial charge >= 0.3 is 0 Å². The number of ether oxygens (including phenoxy) is 1. The van der Waals surface area contributed by atoms with E-state index in [9.17, 15) is 4.79 Å². The maximum atomic E-state index is 12.7. The van der Waals surface area contributed by atoms with Crippen molar-refractivity contribution in [3.8, 4) is 11.5 Å². The van der Waals surface area contributed by atoms with Gasteiger partial charge in [-0.3, -0.25) is 14.7 Å². The molecule has 0 radical (unpaired) electrons. The average molecular weight is 351 g/mol. The number of piperidine rings is 3. The monoisotopic (exact) mass is 351 g/mol. The number of hydrogen-bond acceptors (Lipinski definition) is 4. The average Bonchev–Trinajstić information content (AvgIpc) is 2.67. The van der Waals surface area contributed by atoms with E-state index in [1.165, 1.54) is 12.8 Å². The third-order valence-corrected chi connectivity index (χ3v) is 5.71. The summed E-state index contributed by atoms with van der Waals surface area (Å²) in [5, 5.41) is 3.26. The van der Waals surface area contributed by atoms with Gasteiger partial charge in [0.15, 0.2) is 0 Å². The number of nitrogens with one attached hydrogen (secondary N) is 1. The Labute approximate surface area is 154 Å². The Morgan fingerprint density at radius 2 is 1.81 bits per heavy atom. The highest BCUT2D eigenvalue weighted by Crippen LogP contribution is 2.32. The smallest absolute Gasteiger partial charge is 0.251 e. The first-order valence-electron chi connectivity index (χ1n) is 9.35. The second-order valence-corrected chi connectivity index (χ2v) is 7.37. The lowest BCUT2D eigenvalue weighted by molar-refractivity contribution is 0.0217. The van der Waals surface area contributed by atoms with Gasteiger partial charge in [0.2, 0.25) is 0 Å². The molecule has 5 nitrogen and oxygen atoms in total. The maximum Gasteiger partial charge on any atom is 0.251 e. The largest absolute Gasteiger partial charge is 0.456 e. The number of hydrogen-bond donors (Lipinski definition) is 1. The number of aryl methyl sites for hydroxylation is 1. The van der Waals surface area contributed by atoms with Crippen molar-refractivity contribution in [2.24, 2.45) is 5.92 Å². The number of amides is 1. The van der Waals surface area contributed by atoms with Crippen molar-refractivity contribution in [2.75, 3.05) is 13.1 Å². The Morgan fingerprint density at radius 1 is 1.12 bits per heavy atom. The topological polar surface area (TPSA) is 54.5 Å². The number of pyridine rings is 1. The summed E-state index contributed by atoms with van der Waals surface area (Å²) in [5.74, 6) is 1.99. The number of fused-ring (bicyclic) bond motifs is 3. The summed E-state index contributed by atoms with van der Waals surface area (Å²) in [6.45, 7) is 6.49. The zero-order valence-corrected chi connectivity index (χ0v) is 15.3. The van der Waals surface area contributed by atoms with Crippen LogP contribution in [-0.2, 0) is 0 Å². The van der Waals surface area contributed by atoms with Gasteiger partial charge in [0.1, 0.15) is 11.5 Å². The van der Waals surface area contributed by atoms with Crippen molar-refractivity contribution in [2.45, 2.75) is 38.8 Å². The number of carbonyl (C=O) groups is 1. The molecule has 1 N–H and O–H groups in total. The quantitative estimate of drug-likeness (QED) is 0.917. The lowest BCUT2D eigenvalue weighted by Crippen LogP contribution is -2.62. The van der Waals surface area contributed by atoms with Gasteiger partial charge in [-0.05, 0) is 82.1 Å². The highest BCUT2D eigenvalue weighted by Gasteiger charge is 2.40. The molecule has 5 heteroatoms. The van der Waals surface area contributed by atoms with Gasteiger partial charge in [-0.1, -0.05) is 0 Å². The third kappa shape index (κ3) is 3.44. The van der Waals surface area contributed by atoms with E-state index in [0.29, 0.717) is 29.0 Å². The van der Waals surface area contributed by atoms with Gasteiger partial charge in [0, 0.05) is 23.3 Å². The van der Waals surface area contributed by atoms with Crippen LogP contribution in [0, 0.1) is 12.8 Å². The van der Waals surface area contributed by atoms with Crippen molar-refractivity contribution in [1.82, 2.24) is 15.2 Å². The zero-order valence-electron chi connectivity index (χ0n) is 15.3. The minimum atomic E-state index is -0.000785. The van der Waals surface area contributed by atoms with Crippen molar-refractivity contribution < 1.29 is 9.53 Å². The molecule has 136 valence electrons. The SMILES string of the molecule is Cc1ccc(Oc2ccc(C(=O)N[C@@H]3C4CCN(CC4)[C@H]3C)cc2)cn1. The lowest BCUT2D eigenvalue weighted by Gasteiger charge is -2.49. The van der Waals surface area contributed by atoms with Crippen LogP contribution in [0.4, 0.5) is 0 Å². The molecule has 1 amide bonds. The highest BCUT2D eigenvalue weighted by atomic mass is 16.5. The van der Waals surface area contributed by atoms with Crippen LogP contribution in [-0.4, -0.2) is 41.0 Å². The van der Waals surface area contributed by atoms with Crippen LogP contribution in [0.2, 0.25) is 0 Å². The fourth-order valence-electron chi connectivity index (χ4n) is 4.11. The summed E-state index contributed by atoms with van der Waals surface area (Å²) in [7, 11) is 0. The minimum Gasteiger partial charge on any atom is -0.456 e. The first kappa shape index (κ1) is 17.0. The summed E-state index contributed by atoms with van der Waals surface area (Å²) < 4.78 is 5.77. The Hall–Kier alpha value is -2.40. The van der Waals surface area contributed by atoms with Gasteiger partial charge in [-0.25, -0.2) is 0 Å². The summed E-state index contributed by atoms with van der Waals surface area (Å²) in [6.07, 6.45) is 4.07. The number of benzene rings is 1. The van der Waals surface area contributed by atoms with E-state index in [4.69, 9.17) is 4.74 Å². The molecule has 1 aromatic carbocycles. The molecule has 2 bridgehead atoms. The second-order valence-electron chi connectivity index (χ2n) is 7.37. The second kappa shape index (κ2) is 7.08. The Kier molecular flexibility index (Phi) is 4.64. The van der Waals surface area contributed by atoms with E-state index in [0.717, 1.165) is 18.8 Å². The fraction of sp³-hybridized carbons (Fsp3) is 0.429. The molecule has 0 spiro atoms. The first-order valence-corrected chi connectivity index (χ1v) is 9.35. The molecule has 2 atom stereocenters. The maximum absolute atomic E-state index is 12.7. The number of nitrogens with zero attached hydrogens (tertiary/aromatic N) is 2. The molecule has 1 aromatic heterocycles. The molecule has 26 heavy (non-hydrogen) atoms. The Bertz CT molecular complexity index is 763. The van der Waals surface area contributed by atoms with E-state index in [1.807, 2.05) is 43.3 Å². The molecule has 2 aromatic rings. The fourth-order valence-corrected chi connectivity index (χ4v) is 4.11. The minimum absolute atomic E-state index is 0.000785. The predicted octanol–water partition coefficient (Wildman–Crippen LogP) is 3.39. The van der Waals surface area contributed by atoms with Crippen molar-refractivity contribution in [3.05, 3.63) is 53.9 Å². The van der Waals surface area contributed by atoms with E-state index >= 15 is 0 Å². The number of carbonyl (C=O) groups excluding carboxylic acids is 1. The van der Waals surface area contributed by atoms with Gasteiger partial charge in [-0.15, -0.1) is 0 Å². The van der Waals surface area contributed by atoms with Crippen LogP contribution in [0.15, 0.2) is 42.6 Å². The van der Waals surface area contributed by atoms with Crippen molar-refractivity contribution in [3.63, 3.8) is 0 Å². The van der Waals surface area contributed by atoms with Gasteiger partial charge < -0.3 is 10.1 Å². The van der Waals surface area contributed by atoms with E-state index < -0.39 is 0 Å². The van der Waals surface area contributed by atoms with Crippen LogP contribution in [0.3, 0.4) is 0 Å². The van der Waals surface area contributed by atoms with Gasteiger partial charge in [-0.2, -0.15) is 0 Å². The molecule has 0 unspecified atom stereocenters. The molecular weight excluding hydrogens is 326 g/mol. The number of aromatic nitrogens is 1. The highest BCUT2D eigenvalue weighted by molar-refractivity contribution is 5.94. The standard InChI is InChI=1S/C21H25N3O2/c1-14-3-6-19(13-22-14)26-18-7-4-17(5-8-18)21(25)23-20-15(2)24-11-9-16(20)10-12-24/h3-8,13,15-16,20H,9-12H2,1-2H3,(H,23,25)/t15-,20-/m0/s1. The molecular formula is C21H25N3O2. The van der Waals surface area contributed by atoms with E-state index in [1.54, 1.807) is 6.20 Å². The summed E-state index contributed by atoms with van der Waals surface area (Å²) in [5.41, 5.74) is 1.62. The Morgan fingerprint density at radius 3 is 2.42 bits per heavy atom. The third-order valence-electron chi connectivity index (χ3n) is 5.71. The molecule has 3 aliphatic heterocycles. The molecule has 0 saturated carbocycles. The van der Waals surface area contributed by atoms with E-state index in [2.05, 4.69) is 22.1 Å². The summed E-state index contributed by atoms with van der Waals surface area (Å²) in [6, 6.07) is 11.8. The summed E-state index contributed by atoms with van der Waals surface area (Å²) >= 11 is 0. The lowest BCUT2D eigenvalue weighted by atomic mass is 9.79. The van der Waals surface area contributed by atoms with E-state index in [-0.39, 0.29) is 11.9 Å². The van der Waals surface area contributed by atoms with Crippen LogP contribution < -0.4 is 10.1 Å². The Balaban J connectivity index is 1.40. The van der Waals surface area contributed by atoms with Crippen LogP contribution in [0.25, 0.3) is 0 Å². The summed E-state index contributed by atoms with van der Waals surface area (Å²) in [4.78, 5) is 19.4. The van der Waals surface area contributed by atoms with Crippen LogP contribution in [0.5, 0.6) is 11.5 Å². The molecule has 4 heterocycles. The molecule has 3 fully saturated rings. The molecule has 5 rings (SSSR count). The molecule has 3 aliphatic rings. The molecule has 3 saturated heterocycles. The number of rotatable bonds is 4. The van der Waals surface area contributed by atoms with Crippen LogP contribution in [0.1, 0.15) is 35.8 Å². The first-order chi connectivity index (χ1) is 12.6. The normalized spacial score (nSPS) is 27.2. The van der Waals surface area contributed by atoms with Gasteiger partial charge in [0.05, 0.1) is 6.20 Å². The molecule has 0 aliphatic carbocycles.